The molecule has 0 unspecified atom stereocenters. The Hall–Kier alpha value is -2.42. The lowest BCUT2D eigenvalue weighted by atomic mass is 9.76. The molecule has 1 N–H and O–H groups in total. The number of pyridine rings is 1. The van der Waals surface area contributed by atoms with Crippen LogP contribution in [-0.2, 0) is 0 Å². The molecule has 2 aliphatic rings. The molecule has 2 aromatic rings. The highest BCUT2D eigenvalue weighted by Crippen LogP contribution is 2.49. The molecule has 1 aromatic heterocycles. The Morgan fingerprint density at radius 3 is 2.82 bits per heavy atom. The fraction of sp³-hybridized carbons (Fsp3) is 0.263. The van der Waals surface area contributed by atoms with Crippen LogP contribution in [0.5, 0.6) is 0 Å². The Bertz CT molecular complexity index is 751. The van der Waals surface area contributed by atoms with Gasteiger partial charge in [0.1, 0.15) is 0 Å². The number of rotatable bonds is 2. The fourth-order valence-corrected chi connectivity index (χ4v) is 3.71. The van der Waals surface area contributed by atoms with Gasteiger partial charge in [0.25, 0.3) is 0 Å². The van der Waals surface area contributed by atoms with Gasteiger partial charge < -0.3 is 5.32 Å². The van der Waals surface area contributed by atoms with Crippen molar-refractivity contribution in [1.82, 2.24) is 4.98 Å². The van der Waals surface area contributed by atoms with Crippen molar-refractivity contribution in [2.75, 3.05) is 5.32 Å². The topological polar surface area (TPSA) is 42.0 Å². The van der Waals surface area contributed by atoms with E-state index in [4.69, 9.17) is 0 Å². The molecule has 0 fully saturated rings. The molecular formula is C19H18N2O. The van der Waals surface area contributed by atoms with Gasteiger partial charge in [0.05, 0.1) is 6.04 Å². The van der Waals surface area contributed by atoms with Gasteiger partial charge in [-0.15, -0.1) is 0 Å². The lowest BCUT2D eigenvalue weighted by Crippen LogP contribution is -2.29. The average molecular weight is 290 g/mol. The molecule has 3 nitrogen and oxygen atoms in total. The van der Waals surface area contributed by atoms with Gasteiger partial charge in [-0.1, -0.05) is 12.2 Å². The highest BCUT2D eigenvalue weighted by atomic mass is 16.1. The van der Waals surface area contributed by atoms with E-state index >= 15 is 0 Å². The van der Waals surface area contributed by atoms with Gasteiger partial charge >= 0.3 is 0 Å². The third kappa shape index (κ3) is 2.05. The normalized spacial score (nSPS) is 25.2. The summed E-state index contributed by atoms with van der Waals surface area (Å²) in [7, 11) is 0. The first-order valence-corrected chi connectivity index (χ1v) is 7.72. The van der Waals surface area contributed by atoms with Crippen LogP contribution in [0.15, 0.2) is 54.9 Å². The number of ketones is 1. The van der Waals surface area contributed by atoms with E-state index in [9.17, 15) is 4.79 Å². The van der Waals surface area contributed by atoms with Crippen LogP contribution < -0.4 is 5.32 Å². The van der Waals surface area contributed by atoms with Crippen molar-refractivity contribution in [3.63, 3.8) is 0 Å². The lowest BCUT2D eigenvalue weighted by molar-refractivity contribution is 0.101. The number of aromatic nitrogens is 1. The Morgan fingerprint density at radius 1 is 1.23 bits per heavy atom. The molecule has 0 amide bonds. The summed E-state index contributed by atoms with van der Waals surface area (Å²) >= 11 is 0. The summed E-state index contributed by atoms with van der Waals surface area (Å²) in [6.07, 6.45) is 9.32. The van der Waals surface area contributed by atoms with Crippen molar-refractivity contribution in [3.8, 4) is 0 Å². The van der Waals surface area contributed by atoms with Crippen molar-refractivity contribution in [3.05, 3.63) is 71.6 Å². The van der Waals surface area contributed by atoms with E-state index in [1.807, 2.05) is 24.5 Å². The summed E-state index contributed by atoms with van der Waals surface area (Å²) in [4.78, 5) is 15.8. The van der Waals surface area contributed by atoms with Crippen LogP contribution in [0.1, 0.15) is 46.8 Å². The number of hydrogen-bond acceptors (Lipinski definition) is 3. The zero-order valence-corrected chi connectivity index (χ0v) is 12.5. The first-order valence-electron chi connectivity index (χ1n) is 7.72. The van der Waals surface area contributed by atoms with E-state index in [-0.39, 0.29) is 5.78 Å². The number of allylic oxidation sites excluding steroid dienone is 2. The molecule has 0 radical (unpaired) electrons. The third-order valence-electron chi connectivity index (χ3n) is 4.83. The maximum absolute atomic E-state index is 11.7. The maximum atomic E-state index is 11.7. The number of carbonyl (C=O) groups excluding carboxylic acids is 1. The summed E-state index contributed by atoms with van der Waals surface area (Å²) in [6, 6.07) is 10.5. The largest absolute Gasteiger partial charge is 0.378 e. The molecule has 110 valence electrons. The van der Waals surface area contributed by atoms with Crippen LogP contribution in [0.4, 0.5) is 5.69 Å². The van der Waals surface area contributed by atoms with E-state index in [2.05, 4.69) is 40.7 Å². The standard InChI is InChI=1S/C19H18N2O/c1-12(22)14-5-6-18-17(11-14)15-3-2-4-16(15)19(21-18)13-7-9-20-10-8-13/h2-3,5-11,15-16,19,21H,4H2,1H3/t15-,16+,19+/m0/s1. The third-order valence-corrected chi connectivity index (χ3v) is 4.83. The molecule has 0 spiro atoms. The van der Waals surface area contributed by atoms with Gasteiger partial charge in [-0.2, -0.15) is 0 Å². The number of nitrogens with zero attached hydrogens (tertiary/aromatic N) is 1. The zero-order valence-electron chi connectivity index (χ0n) is 12.5. The molecule has 3 atom stereocenters. The summed E-state index contributed by atoms with van der Waals surface area (Å²) in [6.45, 7) is 1.62. The lowest BCUT2D eigenvalue weighted by Gasteiger charge is -2.37. The predicted molar refractivity (Wildman–Crippen MR) is 87.0 cm³/mol. The molecule has 1 aliphatic carbocycles. The molecular weight excluding hydrogens is 272 g/mol. The second-order valence-corrected chi connectivity index (χ2v) is 6.11. The molecule has 22 heavy (non-hydrogen) atoms. The Balaban J connectivity index is 1.79. The second-order valence-electron chi connectivity index (χ2n) is 6.11. The number of fused-ring (bicyclic) bond motifs is 3. The second kappa shape index (κ2) is 5.09. The first kappa shape index (κ1) is 13.3. The van der Waals surface area contributed by atoms with Crippen molar-refractivity contribution in [2.24, 2.45) is 5.92 Å². The van der Waals surface area contributed by atoms with E-state index in [1.54, 1.807) is 6.92 Å². The van der Waals surface area contributed by atoms with Crippen molar-refractivity contribution in [1.29, 1.82) is 0 Å². The summed E-state index contributed by atoms with van der Waals surface area (Å²) in [5.74, 6) is 1.00. The van der Waals surface area contributed by atoms with Gasteiger partial charge in [-0.05, 0) is 60.7 Å². The Kier molecular flexibility index (Phi) is 3.07. The molecule has 0 saturated carbocycles. The fourth-order valence-electron chi connectivity index (χ4n) is 3.71. The van der Waals surface area contributed by atoms with Crippen molar-refractivity contribution in [2.45, 2.75) is 25.3 Å². The molecule has 0 bridgehead atoms. The number of anilines is 1. The average Bonchev–Trinajstić information content (AvgIpc) is 3.04. The van der Waals surface area contributed by atoms with Gasteiger partial charge in [-0.25, -0.2) is 0 Å². The van der Waals surface area contributed by atoms with Crippen LogP contribution >= 0.6 is 0 Å². The van der Waals surface area contributed by atoms with Crippen LogP contribution in [-0.4, -0.2) is 10.8 Å². The van der Waals surface area contributed by atoms with E-state index in [1.165, 1.54) is 11.1 Å². The first-order chi connectivity index (χ1) is 10.7. The zero-order chi connectivity index (χ0) is 15.1. The summed E-state index contributed by atoms with van der Waals surface area (Å²) < 4.78 is 0. The van der Waals surface area contributed by atoms with Crippen LogP contribution in [0.25, 0.3) is 0 Å². The molecule has 2 heterocycles. The van der Waals surface area contributed by atoms with Crippen molar-refractivity contribution >= 4 is 11.5 Å². The minimum Gasteiger partial charge on any atom is -0.378 e. The maximum Gasteiger partial charge on any atom is 0.159 e. The molecule has 1 aromatic carbocycles. The van der Waals surface area contributed by atoms with Gasteiger partial charge in [0.2, 0.25) is 0 Å². The van der Waals surface area contributed by atoms with Crippen molar-refractivity contribution < 1.29 is 4.79 Å². The number of Topliss-reactive ketones (excluding diaryl/α,β-unsaturated/α-hetero) is 1. The number of carbonyl (C=O) groups is 1. The number of nitrogens with one attached hydrogen (secondary N) is 1. The smallest absolute Gasteiger partial charge is 0.159 e. The van der Waals surface area contributed by atoms with Crippen LogP contribution in [0.3, 0.4) is 0 Å². The summed E-state index contributed by atoms with van der Waals surface area (Å²) in [5.41, 5.74) is 4.45. The predicted octanol–water partition coefficient (Wildman–Crippen LogP) is 4.11. The molecule has 3 heteroatoms. The Morgan fingerprint density at radius 2 is 2.05 bits per heavy atom. The number of benzene rings is 1. The monoisotopic (exact) mass is 290 g/mol. The van der Waals surface area contributed by atoms with E-state index < -0.39 is 0 Å². The minimum atomic E-state index is 0.123. The SMILES string of the molecule is CC(=O)c1ccc2c(c1)[C@H]1C=CC[C@H]1[C@@H](c1ccncc1)N2. The quantitative estimate of drug-likeness (QED) is 0.668. The van der Waals surface area contributed by atoms with Gasteiger partial charge in [-0.3, -0.25) is 9.78 Å². The highest BCUT2D eigenvalue weighted by molar-refractivity contribution is 5.95. The van der Waals surface area contributed by atoms with Gasteiger partial charge in [0.15, 0.2) is 5.78 Å². The van der Waals surface area contributed by atoms with Crippen LogP contribution in [0.2, 0.25) is 0 Å². The Labute approximate surface area is 130 Å². The van der Waals surface area contributed by atoms with Gasteiger partial charge in [0, 0.05) is 29.6 Å². The van der Waals surface area contributed by atoms with E-state index in [0.717, 1.165) is 17.7 Å². The number of hydrogen-bond donors (Lipinski definition) is 1. The molecule has 1 aliphatic heterocycles. The van der Waals surface area contributed by atoms with Crippen LogP contribution in [0, 0.1) is 5.92 Å². The highest BCUT2D eigenvalue weighted by Gasteiger charge is 2.37. The minimum absolute atomic E-state index is 0.123. The van der Waals surface area contributed by atoms with E-state index in [0.29, 0.717) is 17.9 Å². The molecule has 4 rings (SSSR count). The molecule has 0 saturated heterocycles. The summed E-state index contributed by atoms with van der Waals surface area (Å²) in [5, 5.41) is 3.67.